The van der Waals surface area contributed by atoms with Crippen molar-refractivity contribution in [3.8, 4) is 0 Å². The van der Waals surface area contributed by atoms with Gasteiger partial charge in [0.2, 0.25) is 5.79 Å². The Hall–Kier alpha value is -7.02. The molecule has 0 amide bonds. The molecule has 6 aliphatic heterocycles. The number of allylic oxidation sites excluding steroid dienone is 1. The minimum Gasteiger partial charge on any atom is -0.462 e. The van der Waals surface area contributed by atoms with Gasteiger partial charge >= 0.3 is 71.6 Å². The second-order valence-corrected chi connectivity index (χ2v) is 30.2. The summed E-state index contributed by atoms with van der Waals surface area (Å²) < 4.78 is 138. The first-order valence-corrected chi connectivity index (χ1v) is 36.5. The maximum atomic E-state index is 13.5. The van der Waals surface area contributed by atoms with Crippen molar-refractivity contribution in [2.45, 2.75) is 310 Å². The first-order chi connectivity index (χ1) is 50.2. The summed E-state index contributed by atoms with van der Waals surface area (Å²) in [6.07, 6.45) is -27.1. The molecular formula is C73H102O34. The van der Waals surface area contributed by atoms with Crippen LogP contribution < -0.4 is 0 Å². The molecule has 107 heavy (non-hydrogen) atoms. The second-order valence-electron chi connectivity index (χ2n) is 30.2. The standard InChI is InChI=1S/C73H102O34/c1-29-26-88-73(66(102-44(16)85)55(29)104-69-64(100-42(14)83)60(97-39(11)80)56(31(3)89-69)94-36(8)77)30(2)54-50(107-73)25-49-47-20-19-45-23-46(91-33(5)74)24-53(72(45,18)48(47)21-22-71(49,54)17)103-67-63(106-70-65(101-43(15)84)61(98-40(12)81)57(32(4)90-70)95-37(9)78)59(52(28-86-67)93-35(7)76)105-68-62(99-41(13)82)58(96-38(10)79)51(27-87-68)92-34(6)75/h19,29-32,46-70H,20-28H2,1-18H3/t29-,30-,31+,32-,46+,47+,48-,49-,50-,51+,52-,53+,54-,55-,56-,57-,58-,59-,60-,61+,62+,63+,64+,65+,66-,67-,68-,69-,70-,71-,72-,73-/m0/s1. The van der Waals surface area contributed by atoms with Crippen molar-refractivity contribution in [1.29, 1.82) is 0 Å². The molecule has 34 heteroatoms. The molecule has 1 spiro atoms. The molecule has 0 radical (unpaired) electrons. The van der Waals surface area contributed by atoms with E-state index < -0.39 is 254 Å². The molecule has 6 saturated heterocycles. The Balaban J connectivity index is 1.01. The van der Waals surface area contributed by atoms with E-state index in [-0.39, 0.29) is 36.7 Å². The van der Waals surface area contributed by atoms with Gasteiger partial charge in [-0.1, -0.05) is 39.3 Å². The maximum absolute atomic E-state index is 13.5. The van der Waals surface area contributed by atoms with Gasteiger partial charge in [-0.25, -0.2) is 0 Å². The van der Waals surface area contributed by atoms with Crippen LogP contribution in [-0.4, -0.2) is 238 Å². The highest BCUT2D eigenvalue weighted by Crippen LogP contribution is 2.71. The van der Waals surface area contributed by atoms with Gasteiger partial charge in [0.25, 0.3) is 0 Å². The third-order valence-electron chi connectivity index (χ3n) is 22.6. The zero-order chi connectivity index (χ0) is 78.4. The minimum atomic E-state index is -1.83. The number of rotatable bonds is 20. The van der Waals surface area contributed by atoms with Gasteiger partial charge in [-0.2, -0.15) is 0 Å². The van der Waals surface area contributed by atoms with Crippen LogP contribution in [0.4, 0.5) is 0 Å². The van der Waals surface area contributed by atoms with Crippen LogP contribution in [0.5, 0.6) is 0 Å². The lowest BCUT2D eigenvalue weighted by Gasteiger charge is -2.61. The molecule has 0 aromatic heterocycles. The van der Waals surface area contributed by atoms with Gasteiger partial charge in [-0.15, -0.1) is 0 Å². The number of carbonyl (C=O) groups is 12. The van der Waals surface area contributed by atoms with Gasteiger partial charge < -0.3 is 104 Å². The average molecular weight is 1520 g/mol. The normalized spacial score (nSPS) is 42.6. The van der Waals surface area contributed by atoms with E-state index in [4.69, 9.17) is 104 Å². The van der Waals surface area contributed by atoms with Crippen LogP contribution in [0.1, 0.15) is 163 Å². The van der Waals surface area contributed by atoms with Crippen LogP contribution in [-0.2, 0) is 162 Å². The molecule has 3 saturated carbocycles. The Morgan fingerprint density at radius 2 is 0.841 bits per heavy atom. The molecule has 0 aromatic rings. The van der Waals surface area contributed by atoms with E-state index in [0.29, 0.717) is 32.1 Å². The van der Waals surface area contributed by atoms with E-state index >= 15 is 0 Å². The third kappa shape index (κ3) is 17.4. The first kappa shape index (κ1) is 82.5. The molecule has 0 aromatic carbocycles. The maximum Gasteiger partial charge on any atom is 0.303 e. The van der Waals surface area contributed by atoms with Crippen LogP contribution in [0.2, 0.25) is 0 Å². The van der Waals surface area contributed by atoms with Crippen LogP contribution in [0.15, 0.2) is 11.6 Å². The SMILES string of the molecule is CC(=O)O[C@@H]1CC2=CC[C@H]3[C@@H]4C[C@@H]5O[C@@]6(OC[C@H](C)[C@H](O[C@@H]7O[C@H](C)[C@H](OC(C)=O)[C@H](OC(C)=O)[C@H]7OC(C)=O)[C@@H]6OC(C)=O)[C@@H](C)[C@@H]5[C@@]4(C)CC[C@@H]3[C@@]2(C)[C@H](O[C@@H]2OC[C@H](OC(C)=O)[C@H](O[C@@H]3OC[C@@H](OC(C)=O)[C@H](OC(C)=O)[C@H]3OC(C)=O)[C@H]2O[C@@H]2O[C@@H](C)[C@H](OC(C)=O)[C@@H](OC(C)=O)[C@H]2OC(C)=O)C1. The summed E-state index contributed by atoms with van der Waals surface area (Å²) in [6, 6.07) is 0. The largest absolute Gasteiger partial charge is 0.462 e. The summed E-state index contributed by atoms with van der Waals surface area (Å²) in [5, 5.41) is 0. The van der Waals surface area contributed by atoms with E-state index in [2.05, 4.69) is 19.9 Å². The van der Waals surface area contributed by atoms with Gasteiger partial charge in [0, 0.05) is 113 Å². The van der Waals surface area contributed by atoms with Crippen LogP contribution in [0, 0.1) is 46.3 Å². The monoisotopic (exact) mass is 1520 g/mol. The molecule has 32 atom stereocenters. The highest BCUT2D eigenvalue weighted by atomic mass is 16.8. The summed E-state index contributed by atoms with van der Waals surface area (Å²) in [5.74, 6) is -12.8. The number of hydrogen-bond acceptors (Lipinski definition) is 34. The molecule has 10 aliphatic rings. The molecule has 0 bridgehead atoms. The smallest absolute Gasteiger partial charge is 0.303 e. The Kier molecular flexibility index (Phi) is 25.6. The number of hydrogen-bond donors (Lipinski definition) is 0. The summed E-state index contributed by atoms with van der Waals surface area (Å²) >= 11 is 0. The predicted octanol–water partition coefficient (Wildman–Crippen LogP) is 4.11. The fourth-order valence-corrected chi connectivity index (χ4v) is 18.9. The first-order valence-electron chi connectivity index (χ1n) is 36.5. The highest BCUT2D eigenvalue weighted by molar-refractivity contribution is 5.71. The van der Waals surface area contributed by atoms with Crippen molar-refractivity contribution in [3.63, 3.8) is 0 Å². The van der Waals surface area contributed by atoms with Crippen LogP contribution in [0.25, 0.3) is 0 Å². The van der Waals surface area contributed by atoms with Gasteiger partial charge in [0.05, 0.1) is 44.2 Å². The van der Waals surface area contributed by atoms with E-state index in [1.807, 2.05) is 13.8 Å². The van der Waals surface area contributed by atoms with Crippen LogP contribution >= 0.6 is 0 Å². The topological polar surface area (TPSA) is 408 Å². The van der Waals surface area contributed by atoms with Crippen molar-refractivity contribution in [2.75, 3.05) is 19.8 Å². The van der Waals surface area contributed by atoms with E-state index in [0.717, 1.165) is 67.9 Å². The molecule has 4 aliphatic carbocycles. The summed E-state index contributed by atoms with van der Waals surface area (Å²) in [7, 11) is 0. The van der Waals surface area contributed by atoms with Crippen molar-refractivity contribution < 1.29 is 162 Å². The molecular weight excluding hydrogens is 1420 g/mol. The Morgan fingerprint density at radius 3 is 1.33 bits per heavy atom. The zero-order valence-electron chi connectivity index (χ0n) is 63.6. The van der Waals surface area contributed by atoms with Crippen LogP contribution in [0.3, 0.4) is 0 Å². The third-order valence-corrected chi connectivity index (χ3v) is 22.6. The van der Waals surface area contributed by atoms with E-state index in [9.17, 15) is 57.5 Å². The molecule has 0 N–H and O–H groups in total. The van der Waals surface area contributed by atoms with Gasteiger partial charge in [-0.3, -0.25) is 57.5 Å². The Bertz CT molecular complexity index is 3390. The fraction of sp³-hybridized carbons (Fsp3) is 0.808. The van der Waals surface area contributed by atoms with Crippen molar-refractivity contribution in [1.82, 2.24) is 0 Å². The average Bonchev–Trinajstić information content (AvgIpc) is 1.54. The van der Waals surface area contributed by atoms with E-state index in [1.165, 1.54) is 27.7 Å². The predicted molar refractivity (Wildman–Crippen MR) is 352 cm³/mol. The zero-order valence-corrected chi connectivity index (χ0v) is 63.6. The number of ether oxygens (including phenoxy) is 22. The van der Waals surface area contributed by atoms with Crippen molar-refractivity contribution in [3.05, 3.63) is 11.6 Å². The summed E-state index contributed by atoms with van der Waals surface area (Å²) in [5.41, 5.74) is -0.502. The number of esters is 12. The molecule has 10 rings (SSSR count). The number of carbonyl (C=O) groups excluding carboxylic acids is 12. The quantitative estimate of drug-likeness (QED) is 0.0940. The fourth-order valence-electron chi connectivity index (χ4n) is 18.9. The lowest BCUT2D eigenvalue weighted by molar-refractivity contribution is -0.383. The van der Waals surface area contributed by atoms with Crippen molar-refractivity contribution >= 4 is 71.6 Å². The van der Waals surface area contributed by atoms with Gasteiger partial charge in [-0.05, 0) is 68.6 Å². The molecule has 34 nitrogen and oxygen atoms in total. The Morgan fingerprint density at radius 1 is 0.421 bits per heavy atom. The van der Waals surface area contributed by atoms with E-state index in [1.54, 1.807) is 6.92 Å². The van der Waals surface area contributed by atoms with Gasteiger partial charge in [0.15, 0.2) is 92.3 Å². The molecule has 9 fully saturated rings. The molecule has 6 heterocycles. The van der Waals surface area contributed by atoms with Crippen molar-refractivity contribution in [2.24, 2.45) is 46.3 Å². The Labute approximate surface area is 619 Å². The molecule has 598 valence electrons. The lowest BCUT2D eigenvalue weighted by Crippen LogP contribution is -2.67. The lowest BCUT2D eigenvalue weighted by atomic mass is 9.46. The summed E-state index contributed by atoms with van der Waals surface area (Å²) in [6.45, 7) is 23.9. The summed E-state index contributed by atoms with van der Waals surface area (Å²) in [4.78, 5) is 155. The van der Waals surface area contributed by atoms with Gasteiger partial charge in [0.1, 0.15) is 24.4 Å². The second kappa shape index (κ2) is 33.3. The molecule has 0 unspecified atom stereocenters. The number of fused-ring (bicyclic) bond motifs is 7. The minimum absolute atomic E-state index is 0.0409. The highest BCUT2D eigenvalue weighted by Gasteiger charge is 2.74.